The lowest BCUT2D eigenvalue weighted by Gasteiger charge is -2.60. The van der Waals surface area contributed by atoms with E-state index in [2.05, 4.69) is 62.3 Å². The lowest BCUT2D eigenvalue weighted by Crippen LogP contribution is -2.52. The lowest BCUT2D eigenvalue weighted by atomic mass is 9.45. The van der Waals surface area contributed by atoms with Gasteiger partial charge in [0.25, 0.3) is 0 Å². The van der Waals surface area contributed by atoms with Crippen molar-refractivity contribution in [3.63, 3.8) is 0 Å². The summed E-state index contributed by atoms with van der Waals surface area (Å²) in [6.07, 6.45) is 52.5. The van der Waals surface area contributed by atoms with Gasteiger partial charge in [0.15, 0.2) is 0 Å². The number of aliphatic hydroxyl groups is 5. The van der Waals surface area contributed by atoms with Crippen molar-refractivity contribution in [2.45, 2.75) is 356 Å². The van der Waals surface area contributed by atoms with Gasteiger partial charge in [0.05, 0.1) is 23.4 Å². The van der Waals surface area contributed by atoms with Crippen LogP contribution >= 0.6 is 0 Å². The fourth-order valence-electron chi connectivity index (χ4n) is 14.0. The molecule has 0 aliphatic heterocycles. The molecule has 5 N–H and O–H groups in total. The second-order valence-corrected chi connectivity index (χ2v) is 26.1. The highest BCUT2D eigenvalue weighted by Gasteiger charge is 2.53. The van der Waals surface area contributed by atoms with Crippen LogP contribution in [0.4, 0.5) is 0 Å². The Morgan fingerprint density at radius 2 is 0.783 bits per heavy atom. The predicted octanol–water partition coefficient (Wildman–Crippen LogP) is 18.4. The molecule has 9 aliphatic rings. The maximum absolute atomic E-state index is 9.68. The molecule has 5 nitrogen and oxygen atoms in total. The van der Waals surface area contributed by atoms with Crippen molar-refractivity contribution in [1.82, 2.24) is 0 Å². The van der Waals surface area contributed by atoms with Gasteiger partial charge in [-0.15, -0.1) is 0 Å². The molecule has 7 atom stereocenters. The Morgan fingerprint density at radius 3 is 1.16 bits per heavy atom. The molecular formula is C64H126O5. The molecule has 0 spiro atoms. The topological polar surface area (TPSA) is 101 Å². The highest BCUT2D eigenvalue weighted by atomic mass is 16.3. The van der Waals surface area contributed by atoms with Gasteiger partial charge in [-0.3, -0.25) is 0 Å². The summed E-state index contributed by atoms with van der Waals surface area (Å²) < 4.78 is 0. The van der Waals surface area contributed by atoms with E-state index < -0.39 is 0 Å². The van der Waals surface area contributed by atoms with E-state index >= 15 is 0 Å². The largest absolute Gasteiger partial charge is 0.396 e. The van der Waals surface area contributed by atoms with E-state index in [4.69, 9.17) is 0 Å². The summed E-state index contributed by atoms with van der Waals surface area (Å²) in [6, 6.07) is 0. The van der Waals surface area contributed by atoms with Gasteiger partial charge in [-0.05, 0) is 162 Å². The first-order valence-electron chi connectivity index (χ1n) is 31.3. The smallest absolute Gasteiger partial charge is 0.0645 e. The van der Waals surface area contributed by atoms with Crippen molar-refractivity contribution in [1.29, 1.82) is 0 Å². The molecule has 9 fully saturated rings. The van der Waals surface area contributed by atoms with Gasteiger partial charge >= 0.3 is 0 Å². The van der Waals surface area contributed by atoms with Crippen molar-refractivity contribution < 1.29 is 25.5 Å². The van der Waals surface area contributed by atoms with Crippen LogP contribution in [0.2, 0.25) is 0 Å². The molecule has 9 aliphatic carbocycles. The highest BCUT2D eigenvalue weighted by Crippen LogP contribution is 2.62. The summed E-state index contributed by atoms with van der Waals surface area (Å²) >= 11 is 0. The van der Waals surface area contributed by atoms with E-state index in [0.717, 1.165) is 82.0 Å². The molecule has 69 heavy (non-hydrogen) atoms. The first kappa shape index (κ1) is 64.9. The maximum atomic E-state index is 9.68. The van der Waals surface area contributed by atoms with Crippen LogP contribution in [0, 0.1) is 45.8 Å². The molecule has 0 amide bonds. The normalized spacial score (nSPS) is 32.0. The minimum Gasteiger partial charge on any atom is -0.396 e. The van der Waals surface area contributed by atoms with Gasteiger partial charge in [0, 0.05) is 6.61 Å². The average Bonchev–Trinajstić information content (AvgIpc) is 3.92. The number of hydrogen-bond acceptors (Lipinski definition) is 5. The zero-order valence-corrected chi connectivity index (χ0v) is 48.5. The van der Waals surface area contributed by atoms with E-state index in [1.807, 2.05) is 6.92 Å². The van der Waals surface area contributed by atoms with Crippen LogP contribution in [0.5, 0.6) is 0 Å². The van der Waals surface area contributed by atoms with E-state index in [1.54, 1.807) is 6.42 Å². The van der Waals surface area contributed by atoms with E-state index in [1.165, 1.54) is 193 Å². The summed E-state index contributed by atoms with van der Waals surface area (Å²) in [6.45, 7) is 23.1. The van der Waals surface area contributed by atoms with Crippen molar-refractivity contribution in [3.05, 3.63) is 0 Å². The Labute approximate surface area is 432 Å². The average molecular weight is 976 g/mol. The Bertz CT molecular complexity index is 1190. The third kappa shape index (κ3) is 24.8. The standard InChI is InChI=1S/C11H20.C10H20O.C10H20.C9H18O.3C8H16O/c1-4-8-5-6-9-7-10(8)11(9,2)3;1-2-10(9-11)7-5-3-4-6-8-10;1-3-10(2)8-6-4-5-7-9-10;1-2-8-6-4-3-5-7-9(8)10;1-8(9)6-4-2-3-5-7-8;1-2-8(9)6-4-3-5-7-8;1-2-7-5-3-4-6-8(7)9/h8-10H,4-7H2,1-3H3;11H,2-9H2,1H3;3-9H2,1-2H3;8-10H,2-7H2,1H3;2*9H,2-7H2,1H3;7-9H,2-6H2,1H3/t8?,9-,10-;;;;;;/m0....../s1. The van der Waals surface area contributed by atoms with Crippen LogP contribution in [-0.4, -0.2) is 55.5 Å². The highest BCUT2D eigenvalue weighted by molar-refractivity contribution is 5.02. The first-order valence-corrected chi connectivity index (χ1v) is 31.3. The van der Waals surface area contributed by atoms with Gasteiger partial charge in [-0.2, -0.15) is 0 Å². The molecule has 2 bridgehead atoms. The van der Waals surface area contributed by atoms with Crippen molar-refractivity contribution in [2.24, 2.45) is 45.8 Å². The predicted molar refractivity (Wildman–Crippen MR) is 300 cm³/mol. The van der Waals surface area contributed by atoms with Crippen LogP contribution in [-0.2, 0) is 0 Å². The van der Waals surface area contributed by atoms with Crippen LogP contribution in [0.1, 0.15) is 332 Å². The van der Waals surface area contributed by atoms with Gasteiger partial charge in [0.1, 0.15) is 0 Å². The van der Waals surface area contributed by atoms with Crippen LogP contribution in [0.3, 0.4) is 0 Å². The molecule has 0 aromatic rings. The molecule has 0 radical (unpaired) electrons. The zero-order valence-electron chi connectivity index (χ0n) is 48.5. The van der Waals surface area contributed by atoms with Gasteiger partial charge in [-0.1, -0.05) is 216 Å². The Balaban J connectivity index is 0.000000277. The summed E-state index contributed by atoms with van der Waals surface area (Å²) in [5, 5.41) is 47.4. The summed E-state index contributed by atoms with van der Waals surface area (Å²) in [7, 11) is 0. The molecule has 5 unspecified atom stereocenters. The van der Waals surface area contributed by atoms with Crippen molar-refractivity contribution in [3.8, 4) is 0 Å². The van der Waals surface area contributed by atoms with Crippen molar-refractivity contribution >= 4 is 0 Å². The monoisotopic (exact) mass is 975 g/mol. The molecule has 0 saturated heterocycles. The molecule has 0 aromatic carbocycles. The quantitative estimate of drug-likeness (QED) is 0.164. The first-order chi connectivity index (χ1) is 32.9. The summed E-state index contributed by atoms with van der Waals surface area (Å²) in [5.41, 5.74) is 1.10. The molecule has 412 valence electrons. The third-order valence-corrected chi connectivity index (χ3v) is 20.6. The minimum absolute atomic E-state index is 0.00694. The molecule has 0 heterocycles. The summed E-state index contributed by atoms with van der Waals surface area (Å²) in [4.78, 5) is 0. The zero-order chi connectivity index (χ0) is 51.2. The fraction of sp³-hybridized carbons (Fsp3) is 1.00. The Morgan fingerprint density at radius 1 is 0.391 bits per heavy atom. The number of fused-ring (bicyclic) bond motifs is 2. The fourth-order valence-corrected chi connectivity index (χ4v) is 14.0. The van der Waals surface area contributed by atoms with Crippen LogP contribution in [0.15, 0.2) is 0 Å². The number of hydrogen-bond donors (Lipinski definition) is 5. The molecule has 9 saturated carbocycles. The van der Waals surface area contributed by atoms with Crippen LogP contribution in [0.25, 0.3) is 0 Å². The second-order valence-electron chi connectivity index (χ2n) is 26.1. The van der Waals surface area contributed by atoms with Gasteiger partial charge in [0.2, 0.25) is 0 Å². The number of rotatable bonds is 7. The SMILES string of the molecule is CC1(O)CCCCCC1.CCC1(C)CCCCCC1.CCC1(CO)CCCCCC1.CCC1(O)CCCCC1.CCC1CCCCC1O.CCC1CCCCCC1O.CCC1CC[C@H]2C[C@@H]1C2(C)C. The van der Waals surface area contributed by atoms with E-state index in [9.17, 15) is 25.5 Å². The van der Waals surface area contributed by atoms with E-state index in [0.29, 0.717) is 34.7 Å². The van der Waals surface area contributed by atoms with Crippen LogP contribution < -0.4 is 0 Å². The third-order valence-electron chi connectivity index (χ3n) is 20.6. The van der Waals surface area contributed by atoms with Gasteiger partial charge < -0.3 is 25.5 Å². The van der Waals surface area contributed by atoms with Gasteiger partial charge in [-0.25, -0.2) is 0 Å². The molecular weight excluding hydrogens is 849 g/mol. The Hall–Kier alpha value is -0.200. The molecule has 9 rings (SSSR count). The lowest BCUT2D eigenvalue weighted by molar-refractivity contribution is -0.105. The second kappa shape index (κ2) is 35.1. The van der Waals surface area contributed by atoms with Crippen molar-refractivity contribution in [2.75, 3.05) is 6.61 Å². The molecule has 5 heteroatoms. The minimum atomic E-state index is -0.337. The molecule has 0 aromatic heterocycles. The van der Waals surface area contributed by atoms with E-state index in [-0.39, 0.29) is 23.4 Å². The maximum Gasteiger partial charge on any atom is 0.0645 e. The Kier molecular flexibility index (Phi) is 33.1. The summed E-state index contributed by atoms with van der Waals surface area (Å²) in [5.74, 6) is 4.43. The number of aliphatic hydroxyl groups excluding tert-OH is 3.